The monoisotopic (exact) mass is 428 g/mol. The molecule has 4 aliphatic carbocycles. The van der Waals surface area contributed by atoms with Crippen LogP contribution in [0, 0.1) is 28.6 Å². The summed E-state index contributed by atoms with van der Waals surface area (Å²) in [5.74, 6) is 1.66. The SMILES string of the molecule is CCCCCC(=O)O[C@@]1(C(C)=O)CC[C@H]2[C@@H]3CCC4=CC(=O)CC[C@]4(C)[C@H]3CC[C@@]21C. The third kappa shape index (κ3) is 3.43. The summed E-state index contributed by atoms with van der Waals surface area (Å²) in [6.45, 7) is 8.37. The van der Waals surface area contributed by atoms with Crippen LogP contribution in [0.3, 0.4) is 0 Å². The first-order chi connectivity index (χ1) is 14.7. The molecule has 4 nitrogen and oxygen atoms in total. The number of carbonyl (C=O) groups is 3. The largest absolute Gasteiger partial charge is 0.450 e. The Morgan fingerprint density at radius 2 is 1.77 bits per heavy atom. The molecule has 31 heavy (non-hydrogen) atoms. The van der Waals surface area contributed by atoms with Gasteiger partial charge in [-0.05, 0) is 87.5 Å². The van der Waals surface area contributed by atoms with Gasteiger partial charge in [0.05, 0.1) is 0 Å². The van der Waals surface area contributed by atoms with E-state index < -0.39 is 5.60 Å². The zero-order chi connectivity index (χ0) is 22.4. The number of hydrogen-bond acceptors (Lipinski definition) is 4. The summed E-state index contributed by atoms with van der Waals surface area (Å²) in [7, 11) is 0. The van der Waals surface area contributed by atoms with Crippen LogP contribution >= 0.6 is 0 Å². The first kappa shape index (κ1) is 22.7. The zero-order valence-electron chi connectivity index (χ0n) is 19.9. The molecule has 4 rings (SSSR count). The predicted molar refractivity (Wildman–Crippen MR) is 120 cm³/mol. The second-order valence-electron chi connectivity index (χ2n) is 11.3. The second-order valence-corrected chi connectivity index (χ2v) is 11.3. The molecule has 0 amide bonds. The lowest BCUT2D eigenvalue weighted by Gasteiger charge is -2.59. The molecule has 3 saturated carbocycles. The van der Waals surface area contributed by atoms with Crippen LogP contribution in [-0.4, -0.2) is 23.1 Å². The van der Waals surface area contributed by atoms with Crippen LogP contribution in [-0.2, 0) is 19.1 Å². The predicted octanol–water partition coefficient (Wildman–Crippen LogP) is 5.97. The number of allylic oxidation sites excluding steroid dienone is 1. The Hall–Kier alpha value is -1.45. The quantitative estimate of drug-likeness (QED) is 0.386. The smallest absolute Gasteiger partial charge is 0.306 e. The number of esters is 1. The Kier molecular flexibility index (Phi) is 5.98. The maximum atomic E-state index is 13.1. The third-order valence-corrected chi connectivity index (χ3v) is 9.92. The summed E-state index contributed by atoms with van der Waals surface area (Å²) < 4.78 is 6.16. The average molecular weight is 429 g/mol. The summed E-state index contributed by atoms with van der Waals surface area (Å²) in [5.41, 5.74) is 0.261. The van der Waals surface area contributed by atoms with Gasteiger partial charge in [-0.15, -0.1) is 0 Å². The minimum absolute atomic E-state index is 0.0330. The molecule has 0 aromatic rings. The number of fused-ring (bicyclic) bond motifs is 5. The van der Waals surface area contributed by atoms with E-state index in [4.69, 9.17) is 4.74 Å². The van der Waals surface area contributed by atoms with Crippen molar-refractivity contribution >= 4 is 17.5 Å². The molecule has 0 unspecified atom stereocenters. The molecule has 0 aromatic heterocycles. The molecule has 0 aliphatic heterocycles. The molecule has 0 heterocycles. The molecule has 0 aromatic carbocycles. The summed E-state index contributed by atoms with van der Waals surface area (Å²) in [4.78, 5) is 37.8. The number of ether oxygens (including phenoxy) is 1. The lowest BCUT2D eigenvalue weighted by molar-refractivity contribution is -0.189. The Morgan fingerprint density at radius 1 is 1.03 bits per heavy atom. The van der Waals surface area contributed by atoms with Gasteiger partial charge >= 0.3 is 5.97 Å². The van der Waals surface area contributed by atoms with Crippen molar-refractivity contribution in [3.8, 4) is 0 Å². The molecule has 6 atom stereocenters. The Bertz CT molecular complexity index is 797. The van der Waals surface area contributed by atoms with Crippen molar-refractivity contribution in [1.82, 2.24) is 0 Å². The molecular weight excluding hydrogens is 388 g/mol. The van der Waals surface area contributed by atoms with Gasteiger partial charge in [0.25, 0.3) is 0 Å². The van der Waals surface area contributed by atoms with Crippen LogP contribution < -0.4 is 0 Å². The van der Waals surface area contributed by atoms with Crippen LogP contribution in [0.15, 0.2) is 11.6 Å². The van der Waals surface area contributed by atoms with Gasteiger partial charge in [-0.3, -0.25) is 14.4 Å². The van der Waals surface area contributed by atoms with E-state index in [2.05, 4.69) is 20.8 Å². The van der Waals surface area contributed by atoms with Crippen molar-refractivity contribution in [2.24, 2.45) is 28.6 Å². The molecule has 0 spiro atoms. The topological polar surface area (TPSA) is 60.4 Å². The van der Waals surface area contributed by atoms with Crippen LogP contribution in [0.25, 0.3) is 0 Å². The van der Waals surface area contributed by atoms with E-state index >= 15 is 0 Å². The summed E-state index contributed by atoms with van der Waals surface area (Å²) in [6, 6.07) is 0. The molecular formula is C27H40O4. The molecule has 3 fully saturated rings. The van der Waals surface area contributed by atoms with Crippen molar-refractivity contribution in [2.45, 2.75) is 110 Å². The highest BCUT2D eigenvalue weighted by atomic mass is 16.6. The van der Waals surface area contributed by atoms with Gasteiger partial charge in [0, 0.05) is 18.3 Å². The maximum absolute atomic E-state index is 13.1. The van der Waals surface area contributed by atoms with E-state index in [-0.39, 0.29) is 28.4 Å². The maximum Gasteiger partial charge on any atom is 0.306 e. The van der Waals surface area contributed by atoms with Crippen molar-refractivity contribution < 1.29 is 19.1 Å². The summed E-state index contributed by atoms with van der Waals surface area (Å²) >= 11 is 0. The molecule has 172 valence electrons. The van der Waals surface area contributed by atoms with E-state index in [1.165, 1.54) is 5.57 Å². The molecule has 0 radical (unpaired) electrons. The van der Waals surface area contributed by atoms with Gasteiger partial charge < -0.3 is 4.74 Å². The summed E-state index contributed by atoms with van der Waals surface area (Å²) in [5, 5.41) is 0. The molecule has 0 saturated heterocycles. The standard InChI is InChI=1S/C27H40O4/c1-5-6-7-8-24(30)31-27(18(2)28)16-13-23-21-10-9-19-17-20(29)11-14-25(19,3)22(21)12-15-26(23,27)4/h17,21-23H,5-16H2,1-4H3/t21-,22+,23+,25+,26+,27-/m1/s1. The van der Waals surface area contributed by atoms with E-state index in [0.29, 0.717) is 37.0 Å². The first-order valence-electron chi connectivity index (χ1n) is 12.6. The van der Waals surface area contributed by atoms with Gasteiger partial charge in [0.1, 0.15) is 0 Å². The van der Waals surface area contributed by atoms with Gasteiger partial charge in [0.2, 0.25) is 0 Å². The summed E-state index contributed by atoms with van der Waals surface area (Å²) in [6.07, 6.45) is 12.6. The number of carbonyl (C=O) groups excluding carboxylic acids is 3. The van der Waals surface area contributed by atoms with Crippen LogP contribution in [0.5, 0.6) is 0 Å². The highest BCUT2D eigenvalue weighted by Crippen LogP contribution is 2.68. The van der Waals surface area contributed by atoms with Gasteiger partial charge in [-0.25, -0.2) is 0 Å². The lowest BCUT2D eigenvalue weighted by atomic mass is 9.46. The second kappa shape index (κ2) is 8.15. The van der Waals surface area contributed by atoms with Gasteiger partial charge in [-0.1, -0.05) is 39.2 Å². The van der Waals surface area contributed by atoms with E-state index in [1.54, 1.807) is 6.92 Å². The normalized spacial score (nSPS) is 41.6. The van der Waals surface area contributed by atoms with Crippen molar-refractivity contribution in [3.63, 3.8) is 0 Å². The molecule has 4 heteroatoms. The van der Waals surface area contributed by atoms with Crippen molar-refractivity contribution in [3.05, 3.63) is 11.6 Å². The van der Waals surface area contributed by atoms with Crippen molar-refractivity contribution in [1.29, 1.82) is 0 Å². The Labute approximate surface area is 187 Å². The highest BCUT2D eigenvalue weighted by Gasteiger charge is 2.67. The Balaban J connectivity index is 1.59. The minimum atomic E-state index is -0.953. The van der Waals surface area contributed by atoms with Crippen molar-refractivity contribution in [2.75, 3.05) is 0 Å². The number of hydrogen-bond donors (Lipinski definition) is 0. The third-order valence-electron chi connectivity index (χ3n) is 9.92. The number of Topliss-reactive ketones (excluding diaryl/α,β-unsaturated/α-hetero) is 1. The van der Waals surface area contributed by atoms with Crippen LogP contribution in [0.1, 0.15) is 105 Å². The van der Waals surface area contributed by atoms with E-state index in [1.807, 2.05) is 6.08 Å². The Morgan fingerprint density at radius 3 is 2.48 bits per heavy atom. The van der Waals surface area contributed by atoms with Crippen LogP contribution in [0.4, 0.5) is 0 Å². The number of rotatable bonds is 6. The first-order valence-corrected chi connectivity index (χ1v) is 12.6. The van der Waals surface area contributed by atoms with Gasteiger partial charge in [-0.2, -0.15) is 0 Å². The average Bonchev–Trinajstić information content (AvgIpc) is 3.02. The van der Waals surface area contributed by atoms with Gasteiger partial charge in [0.15, 0.2) is 17.2 Å². The fourth-order valence-corrected chi connectivity index (χ4v) is 8.14. The fraction of sp³-hybridized carbons (Fsp3) is 0.815. The van der Waals surface area contributed by atoms with E-state index in [0.717, 1.165) is 57.8 Å². The lowest BCUT2D eigenvalue weighted by Crippen LogP contribution is -2.58. The van der Waals surface area contributed by atoms with E-state index in [9.17, 15) is 14.4 Å². The number of unbranched alkanes of at least 4 members (excludes halogenated alkanes) is 2. The molecule has 0 bridgehead atoms. The fourth-order valence-electron chi connectivity index (χ4n) is 8.14. The van der Waals surface area contributed by atoms with Crippen LogP contribution in [0.2, 0.25) is 0 Å². The highest BCUT2D eigenvalue weighted by molar-refractivity contribution is 5.91. The molecule has 0 N–H and O–H groups in total. The number of ketones is 2. The zero-order valence-corrected chi connectivity index (χ0v) is 19.9. The molecule has 4 aliphatic rings. The minimum Gasteiger partial charge on any atom is -0.450 e.